The molecule has 0 amide bonds. The number of rotatable bonds is 3. The van der Waals surface area contributed by atoms with Gasteiger partial charge in [0.1, 0.15) is 18.2 Å². The highest BCUT2D eigenvalue weighted by Crippen LogP contribution is 2.20. The third-order valence-corrected chi connectivity index (χ3v) is 2.33. The Morgan fingerprint density at radius 2 is 2.19 bits per heavy atom. The lowest BCUT2D eigenvalue weighted by atomic mass is 10.3. The Morgan fingerprint density at radius 3 is 2.88 bits per heavy atom. The lowest BCUT2D eigenvalue weighted by molar-refractivity contribution is 0.304. The summed E-state index contributed by atoms with van der Waals surface area (Å²) in [6, 6.07) is 8.07. The Kier molecular flexibility index (Phi) is 3.37. The van der Waals surface area contributed by atoms with Crippen molar-refractivity contribution < 1.29 is 9.13 Å². The summed E-state index contributed by atoms with van der Waals surface area (Å²) < 4.78 is 18.5. The average molecular weight is 238 g/mol. The number of benzene rings is 1. The molecule has 0 radical (unpaired) electrons. The van der Waals surface area contributed by atoms with Crippen molar-refractivity contribution in [2.24, 2.45) is 0 Å². The first kappa shape index (κ1) is 10.9. The highest BCUT2D eigenvalue weighted by Gasteiger charge is 2.01. The molecule has 2 rings (SSSR count). The van der Waals surface area contributed by atoms with Crippen molar-refractivity contribution in [3.63, 3.8) is 0 Å². The lowest BCUT2D eigenvalue weighted by Gasteiger charge is -2.06. The minimum atomic E-state index is -0.481. The largest absolute Gasteiger partial charge is 0.489 e. The molecule has 0 atom stereocenters. The molecule has 0 spiro atoms. The number of aromatic nitrogens is 1. The molecule has 0 aliphatic rings. The van der Waals surface area contributed by atoms with Crippen molar-refractivity contribution >= 4 is 11.6 Å². The van der Waals surface area contributed by atoms with Crippen LogP contribution in [0.25, 0.3) is 0 Å². The van der Waals surface area contributed by atoms with E-state index in [0.29, 0.717) is 12.4 Å². The number of ether oxygens (including phenoxy) is 1. The van der Waals surface area contributed by atoms with Gasteiger partial charge in [0.15, 0.2) is 0 Å². The highest BCUT2D eigenvalue weighted by molar-refractivity contribution is 6.30. The molecule has 1 heterocycles. The van der Waals surface area contributed by atoms with Gasteiger partial charge in [-0.05, 0) is 18.2 Å². The van der Waals surface area contributed by atoms with E-state index < -0.39 is 5.82 Å². The van der Waals surface area contributed by atoms with Crippen LogP contribution in [0, 0.1) is 5.82 Å². The molecule has 0 N–H and O–H groups in total. The van der Waals surface area contributed by atoms with Crippen molar-refractivity contribution in [1.82, 2.24) is 4.98 Å². The minimum absolute atomic E-state index is 0.0914. The van der Waals surface area contributed by atoms with Crippen LogP contribution in [-0.2, 0) is 6.61 Å². The van der Waals surface area contributed by atoms with Gasteiger partial charge >= 0.3 is 0 Å². The maximum Gasteiger partial charge on any atom is 0.145 e. The molecule has 1 aromatic heterocycles. The van der Waals surface area contributed by atoms with Crippen LogP contribution < -0.4 is 4.74 Å². The summed E-state index contributed by atoms with van der Waals surface area (Å²) in [5.74, 6) is -0.0314. The Morgan fingerprint density at radius 1 is 1.31 bits per heavy atom. The van der Waals surface area contributed by atoms with E-state index in [2.05, 4.69) is 4.98 Å². The van der Waals surface area contributed by atoms with Crippen molar-refractivity contribution in [1.29, 1.82) is 0 Å². The first-order valence-corrected chi connectivity index (χ1v) is 5.10. The van der Waals surface area contributed by atoms with E-state index in [0.717, 1.165) is 5.56 Å². The van der Waals surface area contributed by atoms with Gasteiger partial charge in [-0.1, -0.05) is 17.7 Å². The van der Waals surface area contributed by atoms with Crippen molar-refractivity contribution in [3.8, 4) is 5.75 Å². The highest BCUT2D eigenvalue weighted by atomic mass is 35.5. The number of pyridine rings is 1. The Labute approximate surface area is 97.7 Å². The van der Waals surface area contributed by atoms with Gasteiger partial charge in [0.05, 0.1) is 5.02 Å². The van der Waals surface area contributed by atoms with Gasteiger partial charge in [-0.2, -0.15) is 0 Å². The summed E-state index contributed by atoms with van der Waals surface area (Å²) in [7, 11) is 0. The molecule has 1 aromatic carbocycles. The molecule has 0 unspecified atom stereocenters. The van der Waals surface area contributed by atoms with Crippen LogP contribution in [-0.4, -0.2) is 4.98 Å². The van der Waals surface area contributed by atoms with E-state index in [1.165, 1.54) is 12.1 Å². The SMILES string of the molecule is Fc1cc(OCc2cccnc2)ccc1Cl. The van der Waals surface area contributed by atoms with Crippen LogP contribution in [0.4, 0.5) is 4.39 Å². The van der Waals surface area contributed by atoms with E-state index in [-0.39, 0.29) is 5.02 Å². The summed E-state index contributed by atoms with van der Waals surface area (Å²) in [4.78, 5) is 3.95. The summed E-state index contributed by atoms with van der Waals surface area (Å²) >= 11 is 5.56. The van der Waals surface area contributed by atoms with E-state index in [1.807, 2.05) is 12.1 Å². The molecule has 0 saturated carbocycles. The number of halogens is 2. The third kappa shape index (κ3) is 2.70. The topological polar surface area (TPSA) is 22.1 Å². The van der Waals surface area contributed by atoms with Crippen molar-refractivity contribution in [2.75, 3.05) is 0 Å². The lowest BCUT2D eigenvalue weighted by Crippen LogP contribution is -1.96. The molecule has 82 valence electrons. The molecular weight excluding hydrogens is 229 g/mol. The maximum absolute atomic E-state index is 13.1. The molecule has 0 saturated heterocycles. The van der Waals surface area contributed by atoms with Crippen LogP contribution in [0.5, 0.6) is 5.75 Å². The summed E-state index contributed by atoms with van der Waals surface area (Å²) in [5, 5.41) is 0.0914. The average Bonchev–Trinajstić information content (AvgIpc) is 2.32. The monoisotopic (exact) mass is 237 g/mol. The summed E-state index contributed by atoms with van der Waals surface area (Å²) in [6.07, 6.45) is 3.39. The quantitative estimate of drug-likeness (QED) is 0.816. The van der Waals surface area contributed by atoms with Gasteiger partial charge in [0.2, 0.25) is 0 Å². The standard InChI is InChI=1S/C12H9ClFNO/c13-11-4-3-10(6-12(11)14)16-8-9-2-1-5-15-7-9/h1-7H,8H2. The number of hydrogen-bond donors (Lipinski definition) is 0. The predicted molar refractivity (Wildman–Crippen MR) is 60.0 cm³/mol. The molecule has 4 heteroatoms. The molecule has 2 nitrogen and oxygen atoms in total. The minimum Gasteiger partial charge on any atom is -0.489 e. The molecule has 0 aliphatic heterocycles. The summed E-state index contributed by atoms with van der Waals surface area (Å²) in [6.45, 7) is 0.356. The van der Waals surface area contributed by atoms with E-state index >= 15 is 0 Å². The Balaban J connectivity index is 2.03. The fourth-order valence-corrected chi connectivity index (χ4v) is 1.33. The zero-order valence-corrected chi connectivity index (χ0v) is 9.12. The molecule has 2 aromatic rings. The Hall–Kier alpha value is -1.61. The van der Waals surface area contributed by atoms with Gasteiger partial charge in [-0.3, -0.25) is 4.98 Å². The Bertz CT molecular complexity index is 476. The molecule has 0 bridgehead atoms. The van der Waals surface area contributed by atoms with Gasteiger partial charge in [-0.15, -0.1) is 0 Å². The van der Waals surface area contributed by atoms with Gasteiger partial charge in [-0.25, -0.2) is 4.39 Å². The zero-order chi connectivity index (χ0) is 11.4. The van der Waals surface area contributed by atoms with Crippen LogP contribution in [0.3, 0.4) is 0 Å². The first-order valence-electron chi connectivity index (χ1n) is 4.72. The van der Waals surface area contributed by atoms with E-state index in [1.54, 1.807) is 18.5 Å². The van der Waals surface area contributed by atoms with Crippen molar-refractivity contribution in [3.05, 3.63) is 59.1 Å². The fraction of sp³-hybridized carbons (Fsp3) is 0.0833. The van der Waals surface area contributed by atoms with Crippen LogP contribution >= 0.6 is 11.6 Å². The van der Waals surface area contributed by atoms with Crippen molar-refractivity contribution in [2.45, 2.75) is 6.61 Å². The van der Waals surface area contributed by atoms with Crippen LogP contribution in [0.2, 0.25) is 5.02 Å². The maximum atomic E-state index is 13.1. The second-order valence-corrected chi connectivity index (χ2v) is 3.63. The van der Waals surface area contributed by atoms with Gasteiger partial charge in [0.25, 0.3) is 0 Å². The van der Waals surface area contributed by atoms with E-state index in [9.17, 15) is 4.39 Å². The first-order chi connectivity index (χ1) is 7.75. The second kappa shape index (κ2) is 4.94. The summed E-state index contributed by atoms with van der Waals surface area (Å²) in [5.41, 5.74) is 0.929. The van der Waals surface area contributed by atoms with Crippen LogP contribution in [0.15, 0.2) is 42.7 Å². The molecular formula is C12H9ClFNO. The normalized spacial score (nSPS) is 10.1. The second-order valence-electron chi connectivity index (χ2n) is 3.23. The predicted octanol–water partition coefficient (Wildman–Crippen LogP) is 3.45. The fourth-order valence-electron chi connectivity index (χ4n) is 1.22. The number of hydrogen-bond acceptors (Lipinski definition) is 2. The van der Waals surface area contributed by atoms with Crippen LogP contribution in [0.1, 0.15) is 5.56 Å². The van der Waals surface area contributed by atoms with E-state index in [4.69, 9.17) is 16.3 Å². The zero-order valence-electron chi connectivity index (χ0n) is 8.36. The smallest absolute Gasteiger partial charge is 0.145 e. The molecule has 0 fully saturated rings. The molecule has 0 aliphatic carbocycles. The molecule has 16 heavy (non-hydrogen) atoms. The third-order valence-electron chi connectivity index (χ3n) is 2.02. The van der Waals surface area contributed by atoms with Gasteiger partial charge in [0, 0.05) is 24.0 Å². The number of nitrogens with zero attached hydrogens (tertiary/aromatic N) is 1. The van der Waals surface area contributed by atoms with Gasteiger partial charge < -0.3 is 4.74 Å².